The lowest BCUT2D eigenvalue weighted by Gasteiger charge is -2.16. The first-order chi connectivity index (χ1) is 8.61. The molecule has 0 radical (unpaired) electrons. The van der Waals surface area contributed by atoms with Crippen LogP contribution in [-0.4, -0.2) is 24.4 Å². The van der Waals surface area contributed by atoms with Gasteiger partial charge in [-0.2, -0.15) is 0 Å². The third kappa shape index (κ3) is 2.72. The largest absolute Gasteiger partial charge is 0.342 e. The highest BCUT2D eigenvalue weighted by molar-refractivity contribution is 9.10. The molecule has 2 nitrogen and oxygen atoms in total. The minimum atomic E-state index is 0.0849. The molecule has 0 aliphatic heterocycles. The van der Waals surface area contributed by atoms with E-state index in [1.54, 1.807) is 4.90 Å². The molecule has 0 atom stereocenters. The molecule has 3 heteroatoms. The number of hydrogen-bond donors (Lipinski definition) is 0. The van der Waals surface area contributed by atoms with Crippen molar-refractivity contribution in [2.45, 2.75) is 13.3 Å². The number of carbonyl (C=O) groups excluding carboxylic acids is 1. The third-order valence-corrected chi connectivity index (χ3v) is 3.45. The zero-order chi connectivity index (χ0) is 13.1. The summed E-state index contributed by atoms with van der Waals surface area (Å²) in [5.74, 6) is 0.0849. The molecule has 1 amide bonds. The Kier molecular flexibility index (Phi) is 4.02. The number of hydrogen-bond acceptors (Lipinski definition) is 1. The number of halogens is 1. The Hall–Kier alpha value is -1.35. The smallest absolute Gasteiger partial charge is 0.253 e. The summed E-state index contributed by atoms with van der Waals surface area (Å²) in [4.78, 5) is 13.9. The zero-order valence-electron chi connectivity index (χ0n) is 10.6. The van der Waals surface area contributed by atoms with Crippen LogP contribution in [0.5, 0.6) is 0 Å². The predicted octanol–water partition coefficient (Wildman–Crippen LogP) is 4.08. The van der Waals surface area contributed by atoms with Crippen LogP contribution in [0.15, 0.2) is 40.9 Å². The van der Waals surface area contributed by atoms with Crippen molar-refractivity contribution >= 4 is 32.6 Å². The van der Waals surface area contributed by atoms with Crippen molar-refractivity contribution in [3.05, 3.63) is 46.4 Å². The van der Waals surface area contributed by atoms with Crippen molar-refractivity contribution in [3.63, 3.8) is 0 Å². The maximum Gasteiger partial charge on any atom is 0.253 e. The van der Waals surface area contributed by atoms with Gasteiger partial charge in [-0.15, -0.1) is 0 Å². The van der Waals surface area contributed by atoms with E-state index in [1.165, 1.54) is 0 Å². The summed E-state index contributed by atoms with van der Waals surface area (Å²) in [5.41, 5.74) is 0.751. The van der Waals surface area contributed by atoms with Gasteiger partial charge in [0.05, 0.1) is 0 Å². The van der Waals surface area contributed by atoms with Crippen LogP contribution < -0.4 is 0 Å². The number of amides is 1. The molecule has 0 spiro atoms. The third-order valence-electron chi connectivity index (χ3n) is 2.95. The van der Waals surface area contributed by atoms with E-state index in [4.69, 9.17) is 0 Å². The van der Waals surface area contributed by atoms with Crippen LogP contribution in [0.25, 0.3) is 10.8 Å². The molecule has 2 rings (SSSR count). The summed E-state index contributed by atoms with van der Waals surface area (Å²) in [6, 6.07) is 11.9. The van der Waals surface area contributed by atoms with Crippen LogP contribution in [0.1, 0.15) is 23.7 Å². The lowest BCUT2D eigenvalue weighted by Crippen LogP contribution is -2.27. The average molecular weight is 306 g/mol. The SMILES string of the molecule is CCCN(C)C(=O)c1ccc2cc(Br)ccc2c1. The second-order valence-corrected chi connectivity index (χ2v) is 5.35. The molecule has 0 aliphatic rings. The molecule has 0 unspecified atom stereocenters. The van der Waals surface area contributed by atoms with E-state index in [2.05, 4.69) is 28.9 Å². The van der Waals surface area contributed by atoms with Gasteiger partial charge in [-0.05, 0) is 41.5 Å². The van der Waals surface area contributed by atoms with Crippen LogP contribution in [0, 0.1) is 0 Å². The van der Waals surface area contributed by atoms with E-state index in [0.717, 1.165) is 33.8 Å². The number of benzene rings is 2. The van der Waals surface area contributed by atoms with Gasteiger partial charge in [-0.25, -0.2) is 0 Å². The first-order valence-electron chi connectivity index (χ1n) is 6.06. The maximum absolute atomic E-state index is 12.2. The summed E-state index contributed by atoms with van der Waals surface area (Å²) in [6.45, 7) is 2.86. The fourth-order valence-electron chi connectivity index (χ4n) is 2.01. The summed E-state index contributed by atoms with van der Waals surface area (Å²) in [7, 11) is 1.84. The van der Waals surface area contributed by atoms with Gasteiger partial charge in [0.15, 0.2) is 0 Å². The Morgan fingerprint density at radius 1 is 1.17 bits per heavy atom. The van der Waals surface area contributed by atoms with Gasteiger partial charge in [-0.1, -0.05) is 35.0 Å². The lowest BCUT2D eigenvalue weighted by molar-refractivity contribution is 0.0795. The molecule has 2 aromatic rings. The molecule has 94 valence electrons. The van der Waals surface area contributed by atoms with Crippen LogP contribution in [0.3, 0.4) is 0 Å². The molecule has 0 bridgehead atoms. The van der Waals surface area contributed by atoms with E-state index in [0.29, 0.717) is 0 Å². The molecule has 0 fully saturated rings. The fourth-order valence-corrected chi connectivity index (χ4v) is 2.39. The van der Waals surface area contributed by atoms with Crippen LogP contribution >= 0.6 is 15.9 Å². The van der Waals surface area contributed by atoms with Gasteiger partial charge in [0, 0.05) is 23.6 Å². The first kappa shape index (κ1) is 13.1. The summed E-state index contributed by atoms with van der Waals surface area (Å²) >= 11 is 3.45. The monoisotopic (exact) mass is 305 g/mol. The Bertz CT molecular complexity index is 580. The van der Waals surface area contributed by atoms with Gasteiger partial charge >= 0.3 is 0 Å². The van der Waals surface area contributed by atoms with E-state index in [-0.39, 0.29) is 5.91 Å². The van der Waals surface area contributed by atoms with Crippen molar-refractivity contribution in [3.8, 4) is 0 Å². The summed E-state index contributed by atoms with van der Waals surface area (Å²) in [5, 5.41) is 2.23. The van der Waals surface area contributed by atoms with Crippen molar-refractivity contribution in [1.29, 1.82) is 0 Å². The predicted molar refractivity (Wildman–Crippen MR) is 78.9 cm³/mol. The highest BCUT2D eigenvalue weighted by Gasteiger charge is 2.10. The number of carbonyl (C=O) groups is 1. The van der Waals surface area contributed by atoms with Gasteiger partial charge in [0.1, 0.15) is 0 Å². The van der Waals surface area contributed by atoms with Crippen LogP contribution in [0.2, 0.25) is 0 Å². The molecule has 18 heavy (non-hydrogen) atoms. The Morgan fingerprint density at radius 3 is 2.56 bits per heavy atom. The number of nitrogens with zero attached hydrogens (tertiary/aromatic N) is 1. The quantitative estimate of drug-likeness (QED) is 0.836. The van der Waals surface area contributed by atoms with Crippen molar-refractivity contribution in [2.75, 3.05) is 13.6 Å². The standard InChI is InChI=1S/C15H16BrNO/c1-3-8-17(2)15(18)13-5-4-12-10-14(16)7-6-11(12)9-13/h4-7,9-10H,3,8H2,1-2H3. The molecule has 0 saturated carbocycles. The second kappa shape index (κ2) is 5.53. The number of rotatable bonds is 3. The normalized spacial score (nSPS) is 10.6. The Morgan fingerprint density at radius 2 is 1.83 bits per heavy atom. The molecule has 2 aromatic carbocycles. The summed E-state index contributed by atoms with van der Waals surface area (Å²) < 4.78 is 1.05. The highest BCUT2D eigenvalue weighted by atomic mass is 79.9. The van der Waals surface area contributed by atoms with E-state index < -0.39 is 0 Å². The second-order valence-electron chi connectivity index (χ2n) is 4.43. The first-order valence-corrected chi connectivity index (χ1v) is 6.86. The minimum absolute atomic E-state index is 0.0849. The molecule has 0 heterocycles. The fraction of sp³-hybridized carbons (Fsp3) is 0.267. The molecule has 0 aromatic heterocycles. The zero-order valence-corrected chi connectivity index (χ0v) is 12.2. The van der Waals surface area contributed by atoms with E-state index in [1.807, 2.05) is 37.4 Å². The van der Waals surface area contributed by atoms with Gasteiger partial charge in [-0.3, -0.25) is 4.79 Å². The Labute approximate surface area is 116 Å². The molecular formula is C15H16BrNO. The molecule has 0 N–H and O–H groups in total. The molecular weight excluding hydrogens is 290 g/mol. The average Bonchev–Trinajstić information content (AvgIpc) is 2.37. The van der Waals surface area contributed by atoms with Crippen LogP contribution in [-0.2, 0) is 0 Å². The van der Waals surface area contributed by atoms with Gasteiger partial charge < -0.3 is 4.90 Å². The summed E-state index contributed by atoms with van der Waals surface area (Å²) in [6.07, 6.45) is 0.975. The maximum atomic E-state index is 12.2. The van der Waals surface area contributed by atoms with Gasteiger partial charge in [0.2, 0.25) is 0 Å². The Balaban J connectivity index is 2.35. The number of fused-ring (bicyclic) bond motifs is 1. The van der Waals surface area contributed by atoms with E-state index in [9.17, 15) is 4.79 Å². The topological polar surface area (TPSA) is 20.3 Å². The van der Waals surface area contributed by atoms with E-state index >= 15 is 0 Å². The van der Waals surface area contributed by atoms with Gasteiger partial charge in [0.25, 0.3) is 5.91 Å². The molecule has 0 saturated heterocycles. The minimum Gasteiger partial charge on any atom is -0.342 e. The highest BCUT2D eigenvalue weighted by Crippen LogP contribution is 2.21. The lowest BCUT2D eigenvalue weighted by atomic mass is 10.1. The van der Waals surface area contributed by atoms with Crippen molar-refractivity contribution in [2.24, 2.45) is 0 Å². The van der Waals surface area contributed by atoms with Crippen molar-refractivity contribution in [1.82, 2.24) is 4.90 Å². The molecule has 0 aliphatic carbocycles. The van der Waals surface area contributed by atoms with Crippen LogP contribution in [0.4, 0.5) is 0 Å². The van der Waals surface area contributed by atoms with Crippen molar-refractivity contribution < 1.29 is 4.79 Å².